The van der Waals surface area contributed by atoms with Crippen molar-refractivity contribution in [3.8, 4) is 0 Å². The molecule has 0 spiro atoms. The number of hydrogen-bond acceptors (Lipinski definition) is 2. The molecule has 1 aromatic carbocycles. The van der Waals surface area contributed by atoms with Crippen molar-refractivity contribution < 1.29 is 23.5 Å². The zero-order chi connectivity index (χ0) is 15.6. The third-order valence-corrected chi connectivity index (χ3v) is 4.32. The Labute approximate surface area is 128 Å². The van der Waals surface area contributed by atoms with Crippen molar-refractivity contribution in [1.82, 2.24) is 0 Å². The van der Waals surface area contributed by atoms with Crippen molar-refractivity contribution in [2.45, 2.75) is 25.7 Å². The minimum Gasteiger partial charge on any atom is -0.481 e. The lowest BCUT2D eigenvalue weighted by atomic mass is 9.81. The van der Waals surface area contributed by atoms with Crippen molar-refractivity contribution in [2.75, 3.05) is 5.32 Å². The smallest absolute Gasteiger partial charge is 0.306 e. The van der Waals surface area contributed by atoms with Crippen LogP contribution in [0.5, 0.6) is 0 Å². The van der Waals surface area contributed by atoms with Gasteiger partial charge >= 0.3 is 5.97 Å². The molecule has 0 aromatic heterocycles. The first-order valence-electron chi connectivity index (χ1n) is 6.56. The molecule has 2 rings (SSSR count). The molecule has 0 unspecified atom stereocenters. The largest absolute Gasteiger partial charge is 0.481 e. The highest BCUT2D eigenvalue weighted by Gasteiger charge is 2.30. The van der Waals surface area contributed by atoms with Gasteiger partial charge in [-0.3, -0.25) is 9.59 Å². The number of carboxylic acid groups (broad SMARTS) is 1. The fraction of sp³-hybridized carbons (Fsp3) is 0.429. The van der Waals surface area contributed by atoms with Crippen molar-refractivity contribution >= 4 is 33.5 Å². The van der Waals surface area contributed by atoms with Gasteiger partial charge in [-0.15, -0.1) is 0 Å². The maximum atomic E-state index is 13.6. The highest BCUT2D eigenvalue weighted by molar-refractivity contribution is 9.10. The lowest BCUT2D eigenvalue weighted by Crippen LogP contribution is -2.29. The third-order valence-electron chi connectivity index (χ3n) is 3.72. The molecule has 1 saturated carbocycles. The number of carbonyl (C=O) groups excluding carboxylic acids is 1. The summed E-state index contributed by atoms with van der Waals surface area (Å²) < 4.78 is 27.0. The molecule has 7 heteroatoms. The van der Waals surface area contributed by atoms with Gasteiger partial charge in [0.1, 0.15) is 11.6 Å². The Balaban J connectivity index is 2.00. The Morgan fingerprint density at radius 1 is 1.10 bits per heavy atom. The monoisotopic (exact) mass is 361 g/mol. The van der Waals surface area contributed by atoms with Gasteiger partial charge in [0.05, 0.1) is 16.1 Å². The Hall–Kier alpha value is -1.50. The van der Waals surface area contributed by atoms with Crippen LogP contribution in [0.2, 0.25) is 0 Å². The van der Waals surface area contributed by atoms with Crippen molar-refractivity contribution in [2.24, 2.45) is 11.8 Å². The Morgan fingerprint density at radius 2 is 1.67 bits per heavy atom. The Kier molecular flexibility index (Phi) is 4.92. The molecule has 2 N–H and O–H groups in total. The van der Waals surface area contributed by atoms with E-state index in [-0.39, 0.29) is 16.1 Å². The van der Waals surface area contributed by atoms with Crippen LogP contribution >= 0.6 is 15.9 Å². The maximum absolute atomic E-state index is 13.6. The summed E-state index contributed by atoms with van der Waals surface area (Å²) in [6, 6.07) is 1.87. The third kappa shape index (κ3) is 3.78. The number of carboxylic acids is 1. The van der Waals surface area contributed by atoms with E-state index in [1.165, 1.54) is 0 Å². The molecule has 1 fully saturated rings. The lowest BCUT2D eigenvalue weighted by molar-refractivity contribution is -0.143. The van der Waals surface area contributed by atoms with Crippen LogP contribution in [0.3, 0.4) is 0 Å². The van der Waals surface area contributed by atoms with Gasteiger partial charge in [0.2, 0.25) is 5.91 Å². The highest BCUT2D eigenvalue weighted by Crippen LogP contribution is 2.30. The second kappa shape index (κ2) is 6.51. The summed E-state index contributed by atoms with van der Waals surface area (Å²) in [5.74, 6) is -3.44. The minimum atomic E-state index is -0.852. The Morgan fingerprint density at radius 3 is 2.24 bits per heavy atom. The van der Waals surface area contributed by atoms with Gasteiger partial charge in [-0.05, 0) is 47.7 Å². The lowest BCUT2D eigenvalue weighted by Gasteiger charge is -2.25. The second-order valence-electron chi connectivity index (χ2n) is 5.12. The van der Waals surface area contributed by atoms with E-state index >= 15 is 0 Å². The van der Waals surface area contributed by atoms with E-state index < -0.39 is 29.4 Å². The number of rotatable bonds is 3. The molecule has 114 valence electrons. The van der Waals surface area contributed by atoms with Gasteiger partial charge in [-0.2, -0.15) is 0 Å². The molecule has 4 nitrogen and oxygen atoms in total. The van der Waals surface area contributed by atoms with Crippen LogP contribution in [0.4, 0.5) is 14.5 Å². The van der Waals surface area contributed by atoms with E-state index in [4.69, 9.17) is 5.11 Å². The quantitative estimate of drug-likeness (QED) is 0.809. The number of halogens is 3. The van der Waals surface area contributed by atoms with E-state index in [2.05, 4.69) is 21.2 Å². The molecule has 1 aliphatic carbocycles. The average Bonchev–Trinajstić information content (AvgIpc) is 2.44. The van der Waals surface area contributed by atoms with E-state index in [1.807, 2.05) is 0 Å². The van der Waals surface area contributed by atoms with Crippen molar-refractivity contribution in [1.29, 1.82) is 0 Å². The maximum Gasteiger partial charge on any atom is 0.306 e. The fourth-order valence-electron chi connectivity index (χ4n) is 2.46. The number of amides is 1. The number of benzene rings is 1. The molecule has 0 bridgehead atoms. The van der Waals surface area contributed by atoms with Crippen LogP contribution < -0.4 is 5.32 Å². The van der Waals surface area contributed by atoms with Crippen LogP contribution in [0, 0.1) is 23.5 Å². The van der Waals surface area contributed by atoms with E-state index in [1.54, 1.807) is 0 Å². The molecule has 1 aromatic rings. The highest BCUT2D eigenvalue weighted by atomic mass is 79.9. The van der Waals surface area contributed by atoms with Gasteiger partial charge in [0.15, 0.2) is 0 Å². The molecule has 0 saturated heterocycles. The zero-order valence-corrected chi connectivity index (χ0v) is 12.6. The first kappa shape index (κ1) is 15.9. The van der Waals surface area contributed by atoms with Gasteiger partial charge in [-0.25, -0.2) is 8.78 Å². The predicted molar refractivity (Wildman–Crippen MR) is 75.8 cm³/mol. The van der Waals surface area contributed by atoms with Crippen LogP contribution in [0.1, 0.15) is 25.7 Å². The summed E-state index contributed by atoms with van der Waals surface area (Å²) in [4.78, 5) is 22.9. The molecule has 0 heterocycles. The van der Waals surface area contributed by atoms with Crippen LogP contribution in [-0.2, 0) is 9.59 Å². The molecular formula is C14H14BrF2NO3. The molecule has 1 aliphatic rings. The molecule has 21 heavy (non-hydrogen) atoms. The average molecular weight is 362 g/mol. The summed E-state index contributed by atoms with van der Waals surface area (Å²) in [7, 11) is 0. The van der Waals surface area contributed by atoms with Crippen LogP contribution in [0.25, 0.3) is 0 Å². The number of anilines is 1. The van der Waals surface area contributed by atoms with E-state index in [9.17, 15) is 18.4 Å². The summed E-state index contributed by atoms with van der Waals surface area (Å²) in [6.45, 7) is 0. The molecule has 0 atom stereocenters. The Bertz CT molecular complexity index is 572. The second-order valence-corrected chi connectivity index (χ2v) is 5.98. The summed E-state index contributed by atoms with van der Waals surface area (Å²) in [6.07, 6.45) is 1.71. The molecular weight excluding hydrogens is 348 g/mol. The van der Waals surface area contributed by atoms with Gasteiger partial charge in [0.25, 0.3) is 0 Å². The summed E-state index contributed by atoms with van der Waals surface area (Å²) >= 11 is 2.86. The normalized spacial score (nSPS) is 21.9. The number of hydrogen-bond donors (Lipinski definition) is 2. The van der Waals surface area contributed by atoms with E-state index in [0.29, 0.717) is 25.7 Å². The minimum absolute atomic E-state index is 0.0139. The van der Waals surface area contributed by atoms with Gasteiger partial charge < -0.3 is 10.4 Å². The number of carbonyl (C=O) groups is 2. The topological polar surface area (TPSA) is 66.4 Å². The first-order chi connectivity index (χ1) is 9.88. The number of nitrogens with one attached hydrogen (secondary N) is 1. The van der Waals surface area contributed by atoms with Crippen molar-refractivity contribution in [3.05, 3.63) is 28.2 Å². The zero-order valence-electron chi connectivity index (χ0n) is 11.0. The molecule has 0 aliphatic heterocycles. The summed E-state index contributed by atoms with van der Waals surface area (Å²) in [5, 5.41) is 11.3. The van der Waals surface area contributed by atoms with E-state index in [0.717, 1.165) is 12.1 Å². The molecule has 1 amide bonds. The van der Waals surface area contributed by atoms with Gasteiger partial charge in [-0.1, -0.05) is 0 Å². The van der Waals surface area contributed by atoms with Crippen LogP contribution in [0.15, 0.2) is 16.6 Å². The standard InChI is InChI=1S/C14H14BrF2NO3/c15-9-5-11(17)12(6-10(9)16)18-13(19)7-1-3-8(4-2-7)14(20)21/h5-8H,1-4H2,(H,18,19)(H,20,21). The first-order valence-corrected chi connectivity index (χ1v) is 7.36. The SMILES string of the molecule is O=C(O)C1CCC(C(=O)Nc2cc(F)c(Br)cc2F)CC1. The predicted octanol–water partition coefficient (Wildman–Crippen LogP) is 3.56. The number of aliphatic carboxylic acids is 1. The fourth-order valence-corrected chi connectivity index (χ4v) is 2.77. The molecule has 0 radical (unpaired) electrons. The van der Waals surface area contributed by atoms with Crippen molar-refractivity contribution in [3.63, 3.8) is 0 Å². The summed E-state index contributed by atoms with van der Waals surface area (Å²) in [5.41, 5.74) is -0.207. The van der Waals surface area contributed by atoms with Gasteiger partial charge in [0, 0.05) is 12.0 Å². The van der Waals surface area contributed by atoms with Crippen LogP contribution in [-0.4, -0.2) is 17.0 Å².